The van der Waals surface area contributed by atoms with Gasteiger partial charge in [0.2, 0.25) is 5.91 Å². The van der Waals surface area contributed by atoms with Crippen molar-refractivity contribution in [1.82, 2.24) is 0 Å². The summed E-state index contributed by atoms with van der Waals surface area (Å²) in [6.45, 7) is 0. The van der Waals surface area contributed by atoms with Crippen LogP contribution in [0.5, 0.6) is 0 Å². The van der Waals surface area contributed by atoms with Crippen LogP contribution in [0.3, 0.4) is 0 Å². The number of benzene rings is 1. The molecule has 2 amide bonds. The molecule has 0 radical (unpaired) electrons. The van der Waals surface area contributed by atoms with Gasteiger partial charge in [0.1, 0.15) is 6.04 Å². The van der Waals surface area contributed by atoms with Gasteiger partial charge in [0.05, 0.1) is 23.9 Å². The van der Waals surface area contributed by atoms with E-state index < -0.39 is 11.9 Å². The number of carbonyl (C=O) groups is 2. The highest BCUT2D eigenvalue weighted by Crippen LogP contribution is 2.28. The number of amides is 2. The zero-order valence-electron chi connectivity index (χ0n) is 12.7. The van der Waals surface area contributed by atoms with Crippen LogP contribution in [0.15, 0.2) is 52.3 Å². The van der Waals surface area contributed by atoms with Crippen molar-refractivity contribution in [2.75, 3.05) is 11.9 Å². The van der Waals surface area contributed by atoms with Crippen molar-refractivity contribution in [3.8, 4) is 0 Å². The van der Waals surface area contributed by atoms with Gasteiger partial charge in [-0.1, -0.05) is 18.2 Å². The lowest BCUT2D eigenvalue weighted by atomic mass is 10.0. The number of anilines is 1. The summed E-state index contributed by atoms with van der Waals surface area (Å²) in [5, 5.41) is 0. The number of hydrogen-bond acceptors (Lipinski definition) is 4. The predicted octanol–water partition coefficient (Wildman–Crippen LogP) is 1.73. The largest absolute Gasteiger partial charge is 0.472 e. The molecule has 2 aromatic rings. The Morgan fingerprint density at radius 3 is 2.83 bits per heavy atom. The molecule has 23 heavy (non-hydrogen) atoms. The second kappa shape index (κ2) is 6.08. The third-order valence-electron chi connectivity index (χ3n) is 3.88. The molecule has 6 nitrogen and oxygen atoms in total. The van der Waals surface area contributed by atoms with Gasteiger partial charge < -0.3 is 15.1 Å². The second-order valence-corrected chi connectivity index (χ2v) is 5.42. The average Bonchev–Trinajstić information content (AvgIpc) is 3.05. The molecule has 1 aromatic heterocycles. The summed E-state index contributed by atoms with van der Waals surface area (Å²) in [6.07, 6.45) is 3.56. The standard InChI is InChI=1S/C17H17N3O3/c1-20-14-5-3-2-4-12(14)16(11-8-9-23-10-11)19-13(17(20)22)6-7-15(18)21/h2-5,8-10,13H,6-7H2,1H3,(H2,18,21). The van der Waals surface area contributed by atoms with Gasteiger partial charge in [-0.05, 0) is 18.6 Å². The molecule has 0 spiro atoms. The summed E-state index contributed by atoms with van der Waals surface area (Å²) in [5.74, 6) is -0.598. The minimum absolute atomic E-state index is 0.114. The van der Waals surface area contributed by atoms with E-state index in [1.165, 1.54) is 0 Å². The Morgan fingerprint density at radius 2 is 2.13 bits per heavy atom. The van der Waals surface area contributed by atoms with Crippen molar-refractivity contribution in [3.05, 3.63) is 54.0 Å². The summed E-state index contributed by atoms with van der Waals surface area (Å²) in [7, 11) is 1.71. The maximum Gasteiger partial charge on any atom is 0.251 e. The molecule has 1 unspecified atom stereocenters. The van der Waals surface area contributed by atoms with E-state index in [4.69, 9.17) is 10.2 Å². The van der Waals surface area contributed by atoms with E-state index in [-0.39, 0.29) is 18.7 Å². The number of fused-ring (bicyclic) bond motifs is 1. The molecule has 118 valence electrons. The number of primary amides is 1. The molecule has 2 N–H and O–H groups in total. The number of hydrogen-bond donors (Lipinski definition) is 1. The molecule has 1 aliphatic rings. The van der Waals surface area contributed by atoms with E-state index in [0.717, 1.165) is 16.8 Å². The highest BCUT2D eigenvalue weighted by molar-refractivity contribution is 6.19. The Morgan fingerprint density at radius 1 is 1.35 bits per heavy atom. The molecule has 0 bridgehead atoms. The van der Waals surface area contributed by atoms with Crippen LogP contribution in [0.1, 0.15) is 24.0 Å². The van der Waals surface area contributed by atoms with Crippen LogP contribution in [0.2, 0.25) is 0 Å². The summed E-state index contributed by atoms with van der Waals surface area (Å²) in [6, 6.07) is 8.72. The maximum absolute atomic E-state index is 12.7. The van der Waals surface area contributed by atoms with Crippen LogP contribution in [0, 0.1) is 0 Å². The highest BCUT2D eigenvalue weighted by atomic mass is 16.3. The maximum atomic E-state index is 12.7. The Labute approximate surface area is 133 Å². The molecule has 1 aromatic carbocycles. The lowest BCUT2D eigenvalue weighted by Gasteiger charge is -2.20. The topological polar surface area (TPSA) is 88.9 Å². The van der Waals surface area contributed by atoms with E-state index in [2.05, 4.69) is 4.99 Å². The molecule has 0 saturated heterocycles. The fourth-order valence-electron chi connectivity index (χ4n) is 2.69. The average molecular weight is 311 g/mol. The first-order chi connectivity index (χ1) is 11.1. The Bertz CT molecular complexity index is 765. The third kappa shape index (κ3) is 2.88. The van der Waals surface area contributed by atoms with E-state index in [0.29, 0.717) is 5.71 Å². The van der Waals surface area contributed by atoms with Crippen LogP contribution < -0.4 is 10.6 Å². The lowest BCUT2D eigenvalue weighted by molar-refractivity contribution is -0.120. The number of nitrogens with zero attached hydrogens (tertiary/aromatic N) is 2. The van der Waals surface area contributed by atoms with Crippen molar-refractivity contribution in [1.29, 1.82) is 0 Å². The molecule has 2 heterocycles. The fraction of sp³-hybridized carbons (Fsp3) is 0.235. The molecular weight excluding hydrogens is 294 g/mol. The zero-order chi connectivity index (χ0) is 16.4. The molecule has 0 aliphatic carbocycles. The summed E-state index contributed by atoms with van der Waals surface area (Å²) in [4.78, 5) is 30.0. The van der Waals surface area contributed by atoms with E-state index in [1.54, 1.807) is 30.5 Å². The normalized spacial score (nSPS) is 17.4. The Hall–Kier alpha value is -2.89. The summed E-state index contributed by atoms with van der Waals surface area (Å²) >= 11 is 0. The number of rotatable bonds is 4. The SMILES string of the molecule is CN1C(=O)C(CCC(N)=O)N=C(c2ccoc2)c2ccccc21. The van der Waals surface area contributed by atoms with Crippen molar-refractivity contribution in [3.63, 3.8) is 0 Å². The van der Waals surface area contributed by atoms with E-state index in [1.807, 2.05) is 24.3 Å². The zero-order valence-corrected chi connectivity index (χ0v) is 12.7. The van der Waals surface area contributed by atoms with Crippen molar-refractivity contribution in [2.45, 2.75) is 18.9 Å². The van der Waals surface area contributed by atoms with Crippen LogP contribution in [0.25, 0.3) is 0 Å². The number of furan rings is 1. The van der Waals surface area contributed by atoms with Gasteiger partial charge in [-0.2, -0.15) is 0 Å². The van der Waals surface area contributed by atoms with Crippen LogP contribution in [0.4, 0.5) is 5.69 Å². The first-order valence-electron chi connectivity index (χ1n) is 7.33. The van der Waals surface area contributed by atoms with Gasteiger partial charge in [0.15, 0.2) is 0 Å². The van der Waals surface area contributed by atoms with Crippen molar-refractivity contribution < 1.29 is 14.0 Å². The number of carbonyl (C=O) groups excluding carboxylic acids is 2. The van der Waals surface area contributed by atoms with Gasteiger partial charge in [0, 0.05) is 24.6 Å². The van der Waals surface area contributed by atoms with Crippen LogP contribution in [-0.2, 0) is 9.59 Å². The molecule has 1 atom stereocenters. The van der Waals surface area contributed by atoms with Gasteiger partial charge in [-0.25, -0.2) is 0 Å². The number of likely N-dealkylation sites (N-methyl/N-ethyl adjacent to an activating group) is 1. The molecular formula is C17H17N3O3. The lowest BCUT2D eigenvalue weighted by Crippen LogP contribution is -2.35. The number of benzodiazepines with no additional fused rings is 1. The molecule has 0 fully saturated rings. The molecule has 0 saturated carbocycles. The van der Waals surface area contributed by atoms with Gasteiger partial charge in [-0.15, -0.1) is 0 Å². The first kappa shape index (κ1) is 15.0. The van der Waals surface area contributed by atoms with Crippen molar-refractivity contribution in [2.24, 2.45) is 10.7 Å². The first-order valence-corrected chi connectivity index (χ1v) is 7.33. The van der Waals surface area contributed by atoms with Crippen LogP contribution >= 0.6 is 0 Å². The van der Waals surface area contributed by atoms with Gasteiger partial charge in [0.25, 0.3) is 5.91 Å². The minimum atomic E-state index is -0.648. The summed E-state index contributed by atoms with van der Waals surface area (Å²) < 4.78 is 5.16. The van der Waals surface area contributed by atoms with Gasteiger partial charge in [-0.3, -0.25) is 14.6 Å². The molecule has 6 heteroatoms. The number of aliphatic imine (C=N–C) groups is 1. The van der Waals surface area contributed by atoms with E-state index >= 15 is 0 Å². The smallest absolute Gasteiger partial charge is 0.251 e. The molecule has 1 aliphatic heterocycles. The van der Waals surface area contributed by atoms with Crippen LogP contribution in [-0.4, -0.2) is 30.6 Å². The minimum Gasteiger partial charge on any atom is -0.472 e. The van der Waals surface area contributed by atoms with Crippen molar-refractivity contribution >= 4 is 23.2 Å². The number of para-hydroxylation sites is 1. The highest BCUT2D eigenvalue weighted by Gasteiger charge is 2.30. The number of nitrogens with two attached hydrogens (primary N) is 1. The van der Waals surface area contributed by atoms with E-state index in [9.17, 15) is 9.59 Å². The Kier molecular flexibility index (Phi) is 3.97. The second-order valence-electron chi connectivity index (χ2n) is 5.42. The monoisotopic (exact) mass is 311 g/mol. The summed E-state index contributed by atoms with van der Waals surface area (Å²) in [5.41, 5.74) is 8.32. The molecule has 3 rings (SSSR count). The quantitative estimate of drug-likeness (QED) is 0.932. The predicted molar refractivity (Wildman–Crippen MR) is 86.4 cm³/mol. The fourth-order valence-corrected chi connectivity index (χ4v) is 2.69. The third-order valence-corrected chi connectivity index (χ3v) is 3.88. The van der Waals surface area contributed by atoms with Gasteiger partial charge >= 0.3 is 0 Å². The Balaban J connectivity index is 2.10.